The molecule has 0 radical (unpaired) electrons. The van der Waals surface area contributed by atoms with Crippen LogP contribution < -0.4 is 11.4 Å². The van der Waals surface area contributed by atoms with Crippen molar-refractivity contribution in [3.8, 4) is 0 Å². The van der Waals surface area contributed by atoms with Gasteiger partial charge in [0, 0.05) is 18.5 Å². The van der Waals surface area contributed by atoms with Gasteiger partial charge in [0.25, 0.3) is 0 Å². The molecule has 2 rings (SSSR count). The van der Waals surface area contributed by atoms with E-state index in [1.54, 1.807) is 0 Å². The third-order valence-corrected chi connectivity index (χ3v) is 8.00. The molecule has 5 atom stereocenters. The molecule has 0 saturated heterocycles. The number of phosphoric ester groups is 1. The van der Waals surface area contributed by atoms with E-state index in [0.717, 1.165) is 4.57 Å². The summed E-state index contributed by atoms with van der Waals surface area (Å²) in [6.45, 7) is -0.683. The summed E-state index contributed by atoms with van der Waals surface area (Å²) < 4.78 is 46.5. The highest BCUT2D eigenvalue weighted by atomic mass is 31.3. The van der Waals surface area contributed by atoms with Gasteiger partial charge >= 0.3 is 29.2 Å². The quantitative estimate of drug-likeness (QED) is 0.174. The van der Waals surface area contributed by atoms with E-state index in [9.17, 15) is 33.6 Å². The second-order valence-corrected chi connectivity index (χ2v) is 11.1. The normalized spacial score (nSPS) is 21.6. The topological polar surface area (TPSA) is 261 Å². The van der Waals surface area contributed by atoms with Crippen molar-refractivity contribution in [1.82, 2.24) is 9.55 Å². The van der Waals surface area contributed by atoms with Gasteiger partial charge in [-0.05, 0) is 24.8 Å². The first-order valence-electron chi connectivity index (χ1n) is 8.58. The van der Waals surface area contributed by atoms with Gasteiger partial charge in [-0.2, -0.15) is 13.6 Å². The summed E-state index contributed by atoms with van der Waals surface area (Å²) in [5.74, 6) is -1.10. The van der Waals surface area contributed by atoms with E-state index < -0.39 is 60.4 Å². The Kier molecular flexibility index (Phi) is 8.37. The van der Waals surface area contributed by atoms with E-state index in [4.69, 9.17) is 20.4 Å². The van der Waals surface area contributed by atoms with E-state index in [1.165, 1.54) is 12.3 Å². The third kappa shape index (κ3) is 8.81. The van der Waals surface area contributed by atoms with Crippen molar-refractivity contribution in [2.45, 2.75) is 31.6 Å². The van der Waals surface area contributed by atoms with Gasteiger partial charge in [-0.3, -0.25) is 9.09 Å². The minimum Gasteiger partial charge on any atom is -0.393 e. The van der Waals surface area contributed by atoms with Gasteiger partial charge in [0.1, 0.15) is 12.0 Å². The third-order valence-electron chi connectivity index (χ3n) is 4.19. The summed E-state index contributed by atoms with van der Waals surface area (Å²) in [5, 5.41) is 20.6. The smallest absolute Gasteiger partial charge is 0.393 e. The molecule has 178 valence electrons. The van der Waals surface area contributed by atoms with E-state index in [0.29, 0.717) is 12.8 Å². The molecule has 1 saturated carbocycles. The van der Waals surface area contributed by atoms with Crippen molar-refractivity contribution in [1.29, 1.82) is 0 Å². The van der Waals surface area contributed by atoms with Crippen molar-refractivity contribution in [2.24, 2.45) is 11.8 Å². The van der Waals surface area contributed by atoms with E-state index in [-0.39, 0.29) is 11.7 Å². The van der Waals surface area contributed by atoms with Gasteiger partial charge in [0.15, 0.2) is 0 Å². The van der Waals surface area contributed by atoms with Crippen LogP contribution in [0.25, 0.3) is 0 Å². The Bertz CT molecular complexity index is 976. The average Bonchev–Trinajstić information content (AvgIpc) is 3.35. The van der Waals surface area contributed by atoms with Crippen LogP contribution >= 0.6 is 23.5 Å². The molecule has 0 bridgehead atoms. The highest BCUT2D eigenvalue weighted by Crippen LogP contribution is 2.66. The van der Waals surface area contributed by atoms with Crippen molar-refractivity contribution < 1.29 is 56.6 Å². The van der Waals surface area contributed by atoms with Crippen molar-refractivity contribution in [3.63, 3.8) is 0 Å². The fourth-order valence-corrected chi connectivity index (χ4v) is 5.78. The number of nitrogen functional groups attached to an aromatic ring is 1. The maximum atomic E-state index is 11.9. The Balaban J connectivity index is 2.00. The molecule has 1 aliphatic carbocycles. The molecule has 8 N–H and O–H groups in total. The Hall–Kier alpha value is -0.990. The first kappa shape index (κ1) is 26.3. The SMILES string of the molecule is Nc1ccn([C@H](O)C[C@H](O)[C@H](COP(=O)(O)OP(=O)(O)OP(=O)(O)O)C2CC2)c(=O)n1. The van der Waals surface area contributed by atoms with E-state index >= 15 is 0 Å². The maximum Gasteiger partial charge on any atom is 0.490 e. The molecule has 0 aliphatic heterocycles. The van der Waals surface area contributed by atoms with Gasteiger partial charge in [0.05, 0.1) is 12.7 Å². The Morgan fingerprint density at radius 2 is 1.74 bits per heavy atom. The number of aromatic nitrogens is 2. The van der Waals surface area contributed by atoms with Gasteiger partial charge in [-0.15, -0.1) is 0 Å². The van der Waals surface area contributed by atoms with Crippen LogP contribution in [0.4, 0.5) is 5.82 Å². The van der Waals surface area contributed by atoms with Crippen LogP contribution in [0, 0.1) is 11.8 Å². The van der Waals surface area contributed by atoms with Gasteiger partial charge < -0.3 is 35.5 Å². The summed E-state index contributed by atoms with van der Waals surface area (Å²) in [6.07, 6.45) is -0.864. The molecule has 1 aromatic heterocycles. The van der Waals surface area contributed by atoms with Gasteiger partial charge in [-0.25, -0.2) is 18.5 Å². The lowest BCUT2D eigenvalue weighted by Crippen LogP contribution is -2.33. The lowest BCUT2D eigenvalue weighted by atomic mass is 9.95. The second kappa shape index (κ2) is 9.87. The summed E-state index contributed by atoms with van der Waals surface area (Å²) in [6, 6.07) is 1.25. The number of rotatable bonds is 12. The molecule has 1 aromatic rings. The van der Waals surface area contributed by atoms with Crippen LogP contribution in [-0.2, 0) is 26.8 Å². The molecule has 1 aliphatic rings. The van der Waals surface area contributed by atoms with Crippen LogP contribution in [0.5, 0.6) is 0 Å². The molecular weight excluding hydrogens is 487 g/mol. The molecule has 31 heavy (non-hydrogen) atoms. The van der Waals surface area contributed by atoms with Gasteiger partial charge in [-0.1, -0.05) is 0 Å². The molecule has 2 unspecified atom stereocenters. The molecule has 19 heteroatoms. The van der Waals surface area contributed by atoms with Crippen LogP contribution in [-0.4, -0.2) is 52.0 Å². The van der Waals surface area contributed by atoms with Crippen LogP contribution in [0.1, 0.15) is 25.5 Å². The van der Waals surface area contributed by atoms with Crippen LogP contribution in [0.3, 0.4) is 0 Å². The Morgan fingerprint density at radius 1 is 1.13 bits per heavy atom. The van der Waals surface area contributed by atoms with Gasteiger partial charge in [0.2, 0.25) is 0 Å². The highest BCUT2D eigenvalue weighted by molar-refractivity contribution is 7.66. The minimum atomic E-state index is -5.66. The molecule has 0 spiro atoms. The van der Waals surface area contributed by atoms with Crippen LogP contribution in [0.2, 0.25) is 0 Å². The van der Waals surface area contributed by atoms with Crippen molar-refractivity contribution >= 4 is 29.3 Å². The zero-order chi connectivity index (χ0) is 23.6. The Morgan fingerprint density at radius 3 is 2.26 bits per heavy atom. The largest absolute Gasteiger partial charge is 0.490 e. The van der Waals surface area contributed by atoms with Crippen molar-refractivity contribution in [3.05, 3.63) is 22.7 Å². The van der Waals surface area contributed by atoms with Crippen molar-refractivity contribution in [2.75, 3.05) is 12.3 Å². The zero-order valence-electron chi connectivity index (χ0n) is 15.6. The molecule has 0 aromatic carbocycles. The predicted molar refractivity (Wildman–Crippen MR) is 101 cm³/mol. The summed E-state index contributed by atoms with van der Waals surface area (Å²) in [7, 11) is -16.5. The number of hydrogen-bond donors (Lipinski definition) is 7. The number of aliphatic hydroxyl groups is 2. The number of aliphatic hydroxyl groups excluding tert-OH is 2. The fourth-order valence-electron chi connectivity index (χ4n) is 2.73. The first-order chi connectivity index (χ1) is 14.1. The molecule has 0 amide bonds. The van der Waals surface area contributed by atoms with E-state index in [1.807, 2.05) is 0 Å². The zero-order valence-corrected chi connectivity index (χ0v) is 18.3. The van der Waals surface area contributed by atoms with Crippen LogP contribution in [0.15, 0.2) is 17.1 Å². The first-order valence-corrected chi connectivity index (χ1v) is 13.1. The van der Waals surface area contributed by atoms with E-state index in [2.05, 4.69) is 18.1 Å². The summed E-state index contributed by atoms with van der Waals surface area (Å²) in [4.78, 5) is 50.9. The Labute approximate surface area is 174 Å². The number of phosphoric acid groups is 3. The average molecular weight is 509 g/mol. The standard InChI is InChI=1S/C12H22N3O13P3/c13-10-3-4-15(12(18)14-10)11(17)5-9(16)8(7-1-2-7)6-26-30(22,23)28-31(24,25)27-29(19,20)21/h3-4,7-9,11,16-17H,1-2,5-6H2,(H,22,23)(H,24,25)(H2,13,14,18)(H2,19,20,21)/t8-,9+,11-/m1/s1. The minimum absolute atomic E-state index is 0.0687. The monoisotopic (exact) mass is 509 g/mol. The highest BCUT2D eigenvalue weighted by Gasteiger charge is 2.43. The summed E-state index contributed by atoms with van der Waals surface area (Å²) >= 11 is 0. The molecule has 1 fully saturated rings. The second-order valence-electron chi connectivity index (χ2n) is 6.71. The lowest BCUT2D eigenvalue weighted by Gasteiger charge is -2.26. The molecule has 1 heterocycles. The lowest BCUT2D eigenvalue weighted by molar-refractivity contribution is -0.0109. The maximum absolute atomic E-state index is 11.9. The fraction of sp³-hybridized carbons (Fsp3) is 0.667. The molecular formula is C12H22N3O13P3. The predicted octanol–water partition coefficient (Wildman–Crippen LogP) is -0.563. The number of nitrogens with two attached hydrogens (primary N) is 1. The number of anilines is 1. The summed E-state index contributed by atoms with van der Waals surface area (Å²) in [5.41, 5.74) is 4.49. The molecule has 16 nitrogen and oxygen atoms in total. The number of hydrogen-bond acceptors (Lipinski definition) is 11. The number of nitrogens with zero attached hydrogens (tertiary/aromatic N) is 2.